The van der Waals surface area contributed by atoms with Crippen molar-refractivity contribution >= 4 is 28.6 Å². The molecule has 4 aromatic rings. The molecule has 0 aliphatic carbocycles. The highest BCUT2D eigenvalue weighted by molar-refractivity contribution is 5.98. The van der Waals surface area contributed by atoms with E-state index in [1.165, 1.54) is 0 Å². The van der Waals surface area contributed by atoms with Crippen LogP contribution in [0.15, 0.2) is 82.0 Å². The van der Waals surface area contributed by atoms with E-state index in [2.05, 4.69) is 15.6 Å². The predicted octanol–water partition coefficient (Wildman–Crippen LogP) is 4.76. The van der Waals surface area contributed by atoms with E-state index in [4.69, 9.17) is 13.9 Å². The largest absolute Gasteiger partial charge is 0.447 e. The number of hydrogen-bond donors (Lipinski definition) is 2. The molecular weight excluding hydrogens is 486 g/mol. The molecule has 3 aromatic carbocycles. The van der Waals surface area contributed by atoms with Gasteiger partial charge in [0.25, 0.3) is 0 Å². The number of carbonyl (C=O) groups is 2. The van der Waals surface area contributed by atoms with Crippen LogP contribution in [-0.2, 0) is 22.6 Å². The zero-order valence-corrected chi connectivity index (χ0v) is 21.4. The Morgan fingerprint density at radius 1 is 0.974 bits per heavy atom. The number of anilines is 1. The summed E-state index contributed by atoms with van der Waals surface area (Å²) in [6, 6.07) is 20.9. The number of carbonyl (C=O) groups excluding carboxylic acids is 2. The van der Waals surface area contributed by atoms with Gasteiger partial charge in [0.1, 0.15) is 12.6 Å². The highest BCUT2D eigenvalue weighted by Gasteiger charge is 2.23. The Balaban J connectivity index is 1.54. The van der Waals surface area contributed by atoms with Gasteiger partial charge in [-0.25, -0.2) is 9.59 Å². The lowest BCUT2D eigenvalue weighted by Gasteiger charge is -2.19. The van der Waals surface area contributed by atoms with E-state index in [9.17, 15) is 14.4 Å². The first-order chi connectivity index (χ1) is 18.3. The number of aromatic nitrogens is 1. The van der Waals surface area contributed by atoms with E-state index < -0.39 is 23.7 Å². The van der Waals surface area contributed by atoms with Gasteiger partial charge >= 0.3 is 17.8 Å². The first-order valence-corrected chi connectivity index (χ1v) is 12.2. The van der Waals surface area contributed by atoms with Crippen molar-refractivity contribution in [3.63, 3.8) is 0 Å². The van der Waals surface area contributed by atoms with Crippen molar-refractivity contribution < 1.29 is 23.5 Å². The molecule has 0 saturated heterocycles. The topological polar surface area (TPSA) is 120 Å². The lowest BCUT2D eigenvalue weighted by molar-refractivity contribution is -0.118. The molecule has 2 N–H and O–H groups in total. The summed E-state index contributed by atoms with van der Waals surface area (Å²) in [4.78, 5) is 42.7. The summed E-state index contributed by atoms with van der Waals surface area (Å²) in [5.74, 6) is -0.453. The molecular formula is C29H29N3O6. The van der Waals surface area contributed by atoms with Gasteiger partial charge in [0, 0.05) is 12.1 Å². The van der Waals surface area contributed by atoms with Crippen LogP contribution < -0.4 is 21.0 Å². The molecule has 0 fully saturated rings. The van der Waals surface area contributed by atoms with Gasteiger partial charge in [-0.05, 0) is 49.6 Å². The summed E-state index contributed by atoms with van der Waals surface area (Å²) in [6.45, 7) is 5.38. The fraction of sp³-hybridized carbons (Fsp3) is 0.241. The molecule has 9 nitrogen and oxygen atoms in total. The van der Waals surface area contributed by atoms with Crippen LogP contribution >= 0.6 is 0 Å². The fourth-order valence-electron chi connectivity index (χ4n) is 3.89. The minimum absolute atomic E-state index is 0.0747. The number of hydrogen-bond acceptors (Lipinski definition) is 7. The van der Waals surface area contributed by atoms with Crippen LogP contribution in [0.25, 0.3) is 10.9 Å². The van der Waals surface area contributed by atoms with Crippen molar-refractivity contribution in [2.24, 2.45) is 0 Å². The van der Waals surface area contributed by atoms with E-state index in [1.54, 1.807) is 32.9 Å². The highest BCUT2D eigenvalue weighted by atomic mass is 16.6. The zero-order valence-electron chi connectivity index (χ0n) is 21.4. The smallest absolute Gasteiger partial charge is 0.408 e. The molecule has 0 spiro atoms. The molecule has 0 aliphatic rings. The predicted molar refractivity (Wildman–Crippen MR) is 143 cm³/mol. The number of fused-ring (bicyclic) bond motifs is 1. The maximum absolute atomic E-state index is 13.3. The summed E-state index contributed by atoms with van der Waals surface area (Å²) in [5.41, 5.74) is 2.42. The molecule has 0 aliphatic heterocycles. The number of rotatable bonds is 9. The minimum Gasteiger partial charge on any atom is -0.447 e. The standard InChI is InChI=1S/C29H29N3O6/c1-18(2)37-29-32-23-16-22(14-19(3)25(23)27(34)38-29)30-26(33)24(15-20-10-6-4-7-11-20)31-28(35)36-17-21-12-8-5-9-13-21/h4-14,16,18,24H,15,17H2,1-3H3,(H,30,33)(H,31,35)/t24-/m0/s1. The Morgan fingerprint density at radius 2 is 1.63 bits per heavy atom. The maximum Gasteiger partial charge on any atom is 0.408 e. The van der Waals surface area contributed by atoms with Crippen molar-refractivity contribution in [2.45, 2.75) is 45.9 Å². The molecule has 0 saturated carbocycles. The number of aryl methyl sites for hydroxylation is 1. The van der Waals surface area contributed by atoms with Crippen LogP contribution in [0.5, 0.6) is 6.08 Å². The number of nitrogens with one attached hydrogen (secondary N) is 2. The monoisotopic (exact) mass is 515 g/mol. The molecule has 4 rings (SSSR count). The van der Waals surface area contributed by atoms with E-state index in [0.29, 0.717) is 22.2 Å². The average Bonchev–Trinajstić information content (AvgIpc) is 2.87. The second kappa shape index (κ2) is 12.1. The highest BCUT2D eigenvalue weighted by Crippen LogP contribution is 2.22. The second-order valence-electron chi connectivity index (χ2n) is 9.06. The molecule has 0 bridgehead atoms. The minimum atomic E-state index is -0.926. The Labute approximate surface area is 219 Å². The number of alkyl carbamates (subject to hydrolysis) is 1. The average molecular weight is 516 g/mol. The zero-order chi connectivity index (χ0) is 27.1. The Bertz CT molecular complexity index is 1470. The molecule has 9 heteroatoms. The molecule has 38 heavy (non-hydrogen) atoms. The molecule has 0 unspecified atom stereocenters. The third kappa shape index (κ3) is 6.97. The van der Waals surface area contributed by atoms with Crippen LogP contribution in [-0.4, -0.2) is 29.1 Å². The van der Waals surface area contributed by atoms with Gasteiger partial charge in [-0.2, -0.15) is 4.98 Å². The Kier molecular flexibility index (Phi) is 8.37. The summed E-state index contributed by atoms with van der Waals surface area (Å²) in [7, 11) is 0. The van der Waals surface area contributed by atoms with Gasteiger partial charge in [-0.1, -0.05) is 60.7 Å². The number of benzene rings is 3. The van der Waals surface area contributed by atoms with Gasteiger partial charge in [0.2, 0.25) is 5.91 Å². The maximum atomic E-state index is 13.3. The number of nitrogens with zero attached hydrogens (tertiary/aromatic N) is 1. The van der Waals surface area contributed by atoms with Crippen molar-refractivity contribution in [3.05, 3.63) is 99.9 Å². The lowest BCUT2D eigenvalue weighted by Crippen LogP contribution is -2.45. The van der Waals surface area contributed by atoms with E-state index in [0.717, 1.165) is 11.1 Å². The summed E-state index contributed by atoms with van der Waals surface area (Å²) in [5, 5.41) is 5.80. The van der Waals surface area contributed by atoms with Crippen LogP contribution in [0.4, 0.5) is 10.5 Å². The summed E-state index contributed by atoms with van der Waals surface area (Å²) >= 11 is 0. The van der Waals surface area contributed by atoms with Gasteiger partial charge in [-0.3, -0.25) is 4.79 Å². The van der Waals surface area contributed by atoms with Crippen molar-refractivity contribution in [3.8, 4) is 6.08 Å². The first-order valence-electron chi connectivity index (χ1n) is 12.2. The van der Waals surface area contributed by atoms with Gasteiger partial charge in [0.05, 0.1) is 17.0 Å². The van der Waals surface area contributed by atoms with Gasteiger partial charge < -0.3 is 24.5 Å². The van der Waals surface area contributed by atoms with Crippen molar-refractivity contribution in [2.75, 3.05) is 5.32 Å². The molecule has 1 atom stereocenters. The third-order valence-electron chi connectivity index (χ3n) is 5.62. The molecule has 0 radical (unpaired) electrons. The Hall–Kier alpha value is -4.66. The number of ether oxygens (including phenoxy) is 2. The molecule has 1 heterocycles. The normalized spacial score (nSPS) is 11.7. The van der Waals surface area contributed by atoms with E-state index in [-0.39, 0.29) is 25.2 Å². The number of amides is 2. The van der Waals surface area contributed by atoms with Gasteiger partial charge in [-0.15, -0.1) is 0 Å². The van der Waals surface area contributed by atoms with Crippen LogP contribution in [0.2, 0.25) is 0 Å². The van der Waals surface area contributed by atoms with Crippen molar-refractivity contribution in [1.29, 1.82) is 0 Å². The summed E-state index contributed by atoms with van der Waals surface area (Å²) in [6.07, 6.45) is -0.855. The second-order valence-corrected chi connectivity index (χ2v) is 9.06. The lowest BCUT2D eigenvalue weighted by atomic mass is 10.0. The Morgan fingerprint density at radius 3 is 2.29 bits per heavy atom. The molecule has 1 aromatic heterocycles. The summed E-state index contributed by atoms with van der Waals surface area (Å²) < 4.78 is 15.9. The van der Waals surface area contributed by atoms with E-state index in [1.807, 2.05) is 60.7 Å². The fourth-order valence-corrected chi connectivity index (χ4v) is 3.89. The van der Waals surface area contributed by atoms with Crippen LogP contribution in [0, 0.1) is 6.92 Å². The first kappa shape index (κ1) is 26.4. The van der Waals surface area contributed by atoms with Crippen LogP contribution in [0.3, 0.4) is 0 Å². The van der Waals surface area contributed by atoms with Crippen LogP contribution in [0.1, 0.15) is 30.5 Å². The van der Waals surface area contributed by atoms with Gasteiger partial charge in [0.15, 0.2) is 0 Å². The molecule has 196 valence electrons. The van der Waals surface area contributed by atoms with Crippen molar-refractivity contribution in [1.82, 2.24) is 10.3 Å². The molecule has 2 amide bonds. The third-order valence-corrected chi connectivity index (χ3v) is 5.62. The van der Waals surface area contributed by atoms with E-state index >= 15 is 0 Å². The quantitative estimate of drug-likeness (QED) is 0.330. The SMILES string of the molecule is Cc1cc(NC(=O)[C@H](Cc2ccccc2)NC(=O)OCc2ccccc2)cc2nc(OC(C)C)oc(=O)c12.